The fourth-order valence-electron chi connectivity index (χ4n) is 3.91. The third-order valence-electron chi connectivity index (χ3n) is 5.18. The average molecular weight is 362 g/mol. The molecule has 142 valence electrons. The normalized spacial score (nSPS) is 20.5. The molecule has 1 aromatic rings. The molecule has 1 aromatic heterocycles. The molecule has 1 N–H and O–H groups in total. The second-order valence-electron chi connectivity index (χ2n) is 6.67. The summed E-state index contributed by atoms with van der Waals surface area (Å²) in [4.78, 5) is 27.5. The number of carbonyl (C=O) groups is 2. The third kappa shape index (κ3) is 3.60. The molecule has 8 heteroatoms. The van der Waals surface area contributed by atoms with Crippen LogP contribution in [-0.2, 0) is 24.1 Å². The maximum atomic E-state index is 11.8. The molecule has 0 saturated carbocycles. The molecule has 1 atom stereocenters. The van der Waals surface area contributed by atoms with Crippen molar-refractivity contribution in [1.82, 2.24) is 19.6 Å². The Labute approximate surface area is 153 Å². The summed E-state index contributed by atoms with van der Waals surface area (Å²) in [5.41, 5.74) is 2.03. The minimum atomic E-state index is -0.975. The number of carboxylic acids is 1. The molecule has 0 spiro atoms. The van der Waals surface area contributed by atoms with Gasteiger partial charge in [0, 0.05) is 43.5 Å². The standard InChI is InChI=1S/C18H26N4O4/c1-3-7-22-15-6-5-13(12-14(15)16(19-22)17(23)24)20-8-10-21(11-9-20)18(25)26-4-2/h3,13H,1,4-12H2,2H3,(H,23,24)/t13-/m1/s1. The molecule has 0 unspecified atom stereocenters. The summed E-state index contributed by atoms with van der Waals surface area (Å²) < 4.78 is 6.83. The summed E-state index contributed by atoms with van der Waals surface area (Å²) in [6.45, 7) is 9.29. The van der Waals surface area contributed by atoms with Crippen molar-refractivity contribution >= 4 is 12.1 Å². The van der Waals surface area contributed by atoms with Crippen molar-refractivity contribution < 1.29 is 19.4 Å². The number of aromatic nitrogens is 2. The van der Waals surface area contributed by atoms with E-state index in [1.807, 2.05) is 0 Å². The number of amides is 1. The Morgan fingerprint density at radius 1 is 1.35 bits per heavy atom. The number of allylic oxidation sites excluding steroid dienone is 1. The zero-order valence-electron chi connectivity index (χ0n) is 15.2. The van der Waals surface area contributed by atoms with Gasteiger partial charge in [0.2, 0.25) is 0 Å². The Bertz CT molecular complexity index is 692. The number of nitrogens with zero attached hydrogens (tertiary/aromatic N) is 4. The van der Waals surface area contributed by atoms with Crippen molar-refractivity contribution in [2.24, 2.45) is 0 Å². The van der Waals surface area contributed by atoms with Gasteiger partial charge in [0.05, 0.1) is 13.2 Å². The minimum Gasteiger partial charge on any atom is -0.476 e. The van der Waals surface area contributed by atoms with E-state index < -0.39 is 5.97 Å². The molecule has 1 fully saturated rings. The lowest BCUT2D eigenvalue weighted by Gasteiger charge is -2.40. The first-order chi connectivity index (χ1) is 12.5. The van der Waals surface area contributed by atoms with Gasteiger partial charge in [-0.1, -0.05) is 6.08 Å². The number of ether oxygens (including phenoxy) is 1. The monoisotopic (exact) mass is 362 g/mol. The number of rotatable bonds is 5. The van der Waals surface area contributed by atoms with Gasteiger partial charge in [-0.05, 0) is 26.2 Å². The van der Waals surface area contributed by atoms with Crippen molar-refractivity contribution in [3.05, 3.63) is 29.6 Å². The Morgan fingerprint density at radius 2 is 2.08 bits per heavy atom. The predicted molar refractivity (Wildman–Crippen MR) is 95.4 cm³/mol. The summed E-state index contributed by atoms with van der Waals surface area (Å²) >= 11 is 0. The maximum absolute atomic E-state index is 11.8. The van der Waals surface area contributed by atoms with Gasteiger partial charge in [0.25, 0.3) is 0 Å². The summed E-state index contributed by atoms with van der Waals surface area (Å²) in [6, 6.07) is 0.284. The molecule has 1 amide bonds. The zero-order chi connectivity index (χ0) is 18.7. The molecular formula is C18H26N4O4. The molecule has 1 saturated heterocycles. The largest absolute Gasteiger partial charge is 0.476 e. The molecule has 0 radical (unpaired) electrons. The lowest BCUT2D eigenvalue weighted by atomic mass is 9.90. The quantitative estimate of drug-likeness (QED) is 0.797. The Morgan fingerprint density at radius 3 is 2.69 bits per heavy atom. The zero-order valence-corrected chi connectivity index (χ0v) is 15.2. The lowest BCUT2D eigenvalue weighted by molar-refractivity contribution is 0.0621. The topological polar surface area (TPSA) is 87.9 Å². The Hall–Kier alpha value is -2.35. The number of carboxylic acid groups (broad SMARTS) is 1. The van der Waals surface area contributed by atoms with Crippen LogP contribution in [0.1, 0.15) is 35.1 Å². The summed E-state index contributed by atoms with van der Waals surface area (Å²) in [5.74, 6) is -0.975. The second-order valence-corrected chi connectivity index (χ2v) is 6.67. The maximum Gasteiger partial charge on any atom is 0.409 e. The van der Waals surface area contributed by atoms with Crippen molar-refractivity contribution in [2.45, 2.75) is 38.8 Å². The van der Waals surface area contributed by atoms with E-state index in [1.54, 1.807) is 22.6 Å². The summed E-state index contributed by atoms with van der Waals surface area (Å²) in [7, 11) is 0. The highest BCUT2D eigenvalue weighted by molar-refractivity contribution is 5.87. The van der Waals surface area contributed by atoms with E-state index in [9.17, 15) is 14.7 Å². The summed E-state index contributed by atoms with van der Waals surface area (Å²) in [5, 5.41) is 13.8. The van der Waals surface area contributed by atoms with Gasteiger partial charge in [-0.3, -0.25) is 9.58 Å². The van der Waals surface area contributed by atoms with Crippen LogP contribution in [-0.4, -0.2) is 75.6 Å². The van der Waals surface area contributed by atoms with E-state index in [0.29, 0.717) is 32.7 Å². The van der Waals surface area contributed by atoms with Crippen LogP contribution in [0, 0.1) is 0 Å². The van der Waals surface area contributed by atoms with Crippen LogP contribution in [0.2, 0.25) is 0 Å². The van der Waals surface area contributed by atoms with E-state index in [1.165, 1.54) is 0 Å². The molecule has 8 nitrogen and oxygen atoms in total. The van der Waals surface area contributed by atoms with Crippen molar-refractivity contribution in [3.8, 4) is 0 Å². The van der Waals surface area contributed by atoms with E-state index in [4.69, 9.17) is 4.74 Å². The third-order valence-corrected chi connectivity index (χ3v) is 5.18. The van der Waals surface area contributed by atoms with Crippen LogP contribution in [0.5, 0.6) is 0 Å². The fraction of sp³-hybridized carbons (Fsp3) is 0.611. The smallest absolute Gasteiger partial charge is 0.409 e. The van der Waals surface area contributed by atoms with Gasteiger partial charge in [-0.2, -0.15) is 5.10 Å². The highest BCUT2D eigenvalue weighted by Crippen LogP contribution is 2.28. The molecule has 0 aromatic carbocycles. The fourth-order valence-corrected chi connectivity index (χ4v) is 3.91. The van der Waals surface area contributed by atoms with Gasteiger partial charge in [-0.15, -0.1) is 6.58 Å². The Balaban J connectivity index is 1.68. The van der Waals surface area contributed by atoms with Crippen LogP contribution < -0.4 is 0 Å². The predicted octanol–water partition coefficient (Wildman–Crippen LogP) is 1.40. The first-order valence-corrected chi connectivity index (χ1v) is 9.13. The second kappa shape index (κ2) is 7.90. The van der Waals surface area contributed by atoms with Crippen LogP contribution in [0.4, 0.5) is 4.79 Å². The number of hydrogen-bond donors (Lipinski definition) is 1. The molecule has 1 aliphatic heterocycles. The first-order valence-electron chi connectivity index (χ1n) is 9.13. The van der Waals surface area contributed by atoms with E-state index in [0.717, 1.165) is 37.2 Å². The van der Waals surface area contributed by atoms with Gasteiger partial charge >= 0.3 is 12.1 Å². The van der Waals surface area contributed by atoms with Gasteiger partial charge < -0.3 is 14.7 Å². The molecule has 2 aliphatic rings. The molecule has 26 heavy (non-hydrogen) atoms. The molecular weight excluding hydrogens is 336 g/mol. The summed E-state index contributed by atoms with van der Waals surface area (Å²) in [6.07, 6.45) is 3.95. The lowest BCUT2D eigenvalue weighted by Crippen LogP contribution is -2.53. The number of fused-ring (bicyclic) bond motifs is 1. The number of hydrogen-bond acceptors (Lipinski definition) is 5. The molecule has 3 rings (SSSR count). The van der Waals surface area contributed by atoms with Gasteiger partial charge in [0.15, 0.2) is 5.69 Å². The van der Waals surface area contributed by atoms with Crippen LogP contribution >= 0.6 is 0 Å². The van der Waals surface area contributed by atoms with Crippen molar-refractivity contribution in [2.75, 3.05) is 32.8 Å². The highest BCUT2D eigenvalue weighted by Gasteiger charge is 2.33. The van der Waals surface area contributed by atoms with Gasteiger partial charge in [0.1, 0.15) is 0 Å². The SMILES string of the molecule is C=CCn1nc(C(=O)O)c2c1CC[C@@H](N1CCN(C(=O)OCC)CC1)C2. The Kier molecular flexibility index (Phi) is 5.61. The number of carbonyl (C=O) groups excluding carboxylic acids is 1. The van der Waals surface area contributed by atoms with Crippen molar-refractivity contribution in [3.63, 3.8) is 0 Å². The first kappa shape index (κ1) is 18.4. The van der Waals surface area contributed by atoms with E-state index in [-0.39, 0.29) is 17.8 Å². The van der Waals surface area contributed by atoms with E-state index >= 15 is 0 Å². The van der Waals surface area contributed by atoms with Crippen LogP contribution in [0.3, 0.4) is 0 Å². The molecule has 0 bridgehead atoms. The van der Waals surface area contributed by atoms with Gasteiger partial charge in [-0.25, -0.2) is 9.59 Å². The van der Waals surface area contributed by atoms with E-state index in [2.05, 4.69) is 16.6 Å². The number of aromatic carboxylic acids is 1. The van der Waals surface area contributed by atoms with Crippen molar-refractivity contribution in [1.29, 1.82) is 0 Å². The van der Waals surface area contributed by atoms with Crippen LogP contribution in [0.15, 0.2) is 12.7 Å². The van der Waals surface area contributed by atoms with Crippen LogP contribution in [0.25, 0.3) is 0 Å². The average Bonchev–Trinajstić information content (AvgIpc) is 3.00. The molecule has 2 heterocycles. The molecule has 1 aliphatic carbocycles. The number of piperazine rings is 1. The minimum absolute atomic E-state index is 0.164. The highest BCUT2D eigenvalue weighted by atomic mass is 16.6.